The molecule has 0 saturated carbocycles. The van der Waals surface area contributed by atoms with Crippen molar-refractivity contribution < 1.29 is 9.72 Å². The predicted molar refractivity (Wildman–Crippen MR) is 74.7 cm³/mol. The molecule has 1 saturated heterocycles. The SMILES string of the molecule is CCN(CC1CCCCN1)C(=O)c1cc([N+](=O)[O-])c[nH]1. The van der Waals surface area contributed by atoms with Crippen molar-refractivity contribution in [2.75, 3.05) is 19.6 Å². The number of aromatic nitrogens is 1. The molecule has 1 unspecified atom stereocenters. The fourth-order valence-corrected chi connectivity index (χ4v) is 2.48. The monoisotopic (exact) mass is 280 g/mol. The van der Waals surface area contributed by atoms with Crippen LogP contribution in [0.25, 0.3) is 0 Å². The van der Waals surface area contributed by atoms with E-state index in [0.29, 0.717) is 19.1 Å². The van der Waals surface area contributed by atoms with E-state index in [0.717, 1.165) is 13.0 Å². The molecule has 7 nitrogen and oxygen atoms in total. The Hall–Kier alpha value is -1.89. The summed E-state index contributed by atoms with van der Waals surface area (Å²) in [5.74, 6) is -0.187. The lowest BCUT2D eigenvalue weighted by Crippen LogP contribution is -2.45. The van der Waals surface area contributed by atoms with Crippen molar-refractivity contribution in [2.45, 2.75) is 32.2 Å². The zero-order valence-electron chi connectivity index (χ0n) is 11.6. The van der Waals surface area contributed by atoms with Gasteiger partial charge in [0, 0.05) is 25.2 Å². The fraction of sp³-hybridized carbons (Fsp3) is 0.615. The van der Waals surface area contributed by atoms with Gasteiger partial charge >= 0.3 is 0 Å². The lowest BCUT2D eigenvalue weighted by molar-refractivity contribution is -0.384. The number of likely N-dealkylation sites (N-methyl/N-ethyl adjacent to an activating group) is 1. The quantitative estimate of drug-likeness (QED) is 0.632. The first kappa shape index (κ1) is 14.5. The molecule has 1 aliphatic rings. The van der Waals surface area contributed by atoms with Gasteiger partial charge in [0.25, 0.3) is 11.6 Å². The van der Waals surface area contributed by atoms with Crippen LogP contribution in [0.3, 0.4) is 0 Å². The van der Waals surface area contributed by atoms with E-state index < -0.39 is 4.92 Å². The number of amides is 1. The maximum atomic E-state index is 12.3. The van der Waals surface area contributed by atoms with E-state index >= 15 is 0 Å². The Morgan fingerprint density at radius 2 is 2.35 bits per heavy atom. The van der Waals surface area contributed by atoms with Crippen LogP contribution in [0.15, 0.2) is 12.3 Å². The Morgan fingerprint density at radius 1 is 1.55 bits per heavy atom. The van der Waals surface area contributed by atoms with E-state index in [4.69, 9.17) is 0 Å². The third kappa shape index (κ3) is 3.36. The number of nitro groups is 1. The third-order valence-electron chi connectivity index (χ3n) is 3.63. The summed E-state index contributed by atoms with van der Waals surface area (Å²) in [6.45, 7) is 4.13. The van der Waals surface area contributed by atoms with Gasteiger partial charge in [-0.15, -0.1) is 0 Å². The molecule has 1 aromatic heterocycles. The average molecular weight is 280 g/mol. The molecule has 2 heterocycles. The Labute approximate surface area is 117 Å². The molecule has 0 aliphatic carbocycles. The second kappa shape index (κ2) is 6.51. The van der Waals surface area contributed by atoms with Gasteiger partial charge in [0.1, 0.15) is 5.69 Å². The predicted octanol–water partition coefficient (Wildman–Crippen LogP) is 1.53. The highest BCUT2D eigenvalue weighted by Crippen LogP contribution is 2.15. The van der Waals surface area contributed by atoms with Crippen molar-refractivity contribution in [1.82, 2.24) is 15.2 Å². The zero-order valence-corrected chi connectivity index (χ0v) is 11.6. The number of carbonyl (C=O) groups is 1. The number of piperidine rings is 1. The minimum absolute atomic E-state index is 0.0832. The van der Waals surface area contributed by atoms with Crippen molar-refractivity contribution in [1.29, 1.82) is 0 Å². The Bertz CT molecular complexity index is 480. The molecule has 2 N–H and O–H groups in total. The Morgan fingerprint density at radius 3 is 2.90 bits per heavy atom. The standard InChI is InChI=1S/C13H20N4O3/c1-2-16(9-10-5-3-4-6-14-10)13(18)12-7-11(8-15-12)17(19)20/h7-8,10,14-15H,2-6,9H2,1H3. The van der Waals surface area contributed by atoms with Gasteiger partial charge in [-0.3, -0.25) is 14.9 Å². The van der Waals surface area contributed by atoms with E-state index in [1.165, 1.54) is 25.1 Å². The summed E-state index contributed by atoms with van der Waals surface area (Å²) in [6, 6.07) is 1.61. The highest BCUT2D eigenvalue weighted by atomic mass is 16.6. The smallest absolute Gasteiger partial charge is 0.287 e. The maximum absolute atomic E-state index is 12.3. The number of rotatable bonds is 5. The lowest BCUT2D eigenvalue weighted by atomic mass is 10.0. The van der Waals surface area contributed by atoms with Crippen LogP contribution in [0.5, 0.6) is 0 Å². The van der Waals surface area contributed by atoms with E-state index in [9.17, 15) is 14.9 Å². The summed E-state index contributed by atoms with van der Waals surface area (Å²) in [5.41, 5.74) is 0.189. The summed E-state index contributed by atoms with van der Waals surface area (Å²) in [6.07, 6.45) is 4.67. The van der Waals surface area contributed by atoms with Gasteiger partial charge in [0.2, 0.25) is 0 Å². The van der Waals surface area contributed by atoms with Crippen molar-refractivity contribution in [3.05, 3.63) is 28.1 Å². The number of hydrogen-bond acceptors (Lipinski definition) is 4. The molecular formula is C13H20N4O3. The summed E-state index contributed by atoms with van der Waals surface area (Å²) >= 11 is 0. The summed E-state index contributed by atoms with van der Waals surface area (Å²) in [5, 5.41) is 14.0. The number of aromatic amines is 1. The molecule has 0 bridgehead atoms. The first-order valence-electron chi connectivity index (χ1n) is 6.97. The largest absolute Gasteiger partial charge is 0.351 e. The average Bonchev–Trinajstić information content (AvgIpc) is 2.95. The topological polar surface area (TPSA) is 91.3 Å². The van der Waals surface area contributed by atoms with Gasteiger partial charge in [-0.05, 0) is 26.3 Å². The second-order valence-electron chi connectivity index (χ2n) is 5.02. The van der Waals surface area contributed by atoms with Gasteiger partial charge in [-0.2, -0.15) is 0 Å². The number of H-pyrrole nitrogens is 1. The third-order valence-corrected chi connectivity index (χ3v) is 3.63. The summed E-state index contributed by atoms with van der Waals surface area (Å²) < 4.78 is 0. The fourth-order valence-electron chi connectivity index (χ4n) is 2.48. The normalized spacial score (nSPS) is 18.8. The molecule has 1 amide bonds. The van der Waals surface area contributed by atoms with Crippen molar-refractivity contribution in [3.63, 3.8) is 0 Å². The molecule has 2 rings (SSSR count). The molecule has 1 aliphatic heterocycles. The van der Waals surface area contributed by atoms with Gasteiger partial charge < -0.3 is 15.2 Å². The highest BCUT2D eigenvalue weighted by Gasteiger charge is 2.22. The molecule has 110 valence electrons. The molecule has 1 atom stereocenters. The van der Waals surface area contributed by atoms with Crippen LogP contribution < -0.4 is 5.32 Å². The lowest BCUT2D eigenvalue weighted by Gasteiger charge is -2.29. The number of carbonyl (C=O) groups excluding carboxylic acids is 1. The first-order chi connectivity index (χ1) is 9.61. The molecule has 0 radical (unpaired) electrons. The minimum atomic E-state index is -0.508. The van der Waals surface area contributed by atoms with Crippen LogP contribution in [-0.2, 0) is 0 Å². The molecule has 1 fully saturated rings. The van der Waals surface area contributed by atoms with Crippen LogP contribution in [0.2, 0.25) is 0 Å². The second-order valence-corrected chi connectivity index (χ2v) is 5.02. The van der Waals surface area contributed by atoms with Gasteiger partial charge in [0.05, 0.1) is 11.1 Å². The van der Waals surface area contributed by atoms with Gasteiger partial charge in [-0.25, -0.2) is 0 Å². The molecular weight excluding hydrogens is 260 g/mol. The minimum Gasteiger partial charge on any atom is -0.351 e. The number of hydrogen-bond donors (Lipinski definition) is 2. The van der Waals surface area contributed by atoms with Crippen LogP contribution in [0.4, 0.5) is 5.69 Å². The van der Waals surface area contributed by atoms with Gasteiger partial charge in [0.15, 0.2) is 0 Å². The van der Waals surface area contributed by atoms with Crippen molar-refractivity contribution in [2.24, 2.45) is 0 Å². The number of nitrogens with one attached hydrogen (secondary N) is 2. The Kier molecular flexibility index (Phi) is 4.73. The van der Waals surface area contributed by atoms with E-state index in [2.05, 4.69) is 10.3 Å². The first-order valence-corrected chi connectivity index (χ1v) is 6.97. The van der Waals surface area contributed by atoms with Gasteiger partial charge in [-0.1, -0.05) is 6.42 Å². The molecule has 7 heteroatoms. The summed E-state index contributed by atoms with van der Waals surface area (Å²) in [7, 11) is 0. The highest BCUT2D eigenvalue weighted by molar-refractivity contribution is 5.93. The van der Waals surface area contributed by atoms with Crippen LogP contribution in [0.1, 0.15) is 36.7 Å². The molecule has 1 aromatic rings. The maximum Gasteiger partial charge on any atom is 0.287 e. The molecule has 20 heavy (non-hydrogen) atoms. The van der Waals surface area contributed by atoms with E-state index in [1.807, 2.05) is 6.92 Å². The molecule has 0 spiro atoms. The van der Waals surface area contributed by atoms with Crippen molar-refractivity contribution in [3.8, 4) is 0 Å². The van der Waals surface area contributed by atoms with E-state index in [-0.39, 0.29) is 17.3 Å². The number of nitrogens with zero attached hydrogens (tertiary/aromatic N) is 2. The zero-order chi connectivity index (χ0) is 14.5. The summed E-state index contributed by atoms with van der Waals surface area (Å²) in [4.78, 5) is 26.9. The van der Waals surface area contributed by atoms with Crippen LogP contribution in [0, 0.1) is 10.1 Å². The molecule has 0 aromatic carbocycles. The Balaban J connectivity index is 2.01. The van der Waals surface area contributed by atoms with Crippen LogP contribution in [-0.4, -0.2) is 46.4 Å². The van der Waals surface area contributed by atoms with Crippen molar-refractivity contribution >= 4 is 11.6 Å². The van der Waals surface area contributed by atoms with E-state index in [1.54, 1.807) is 4.90 Å². The van der Waals surface area contributed by atoms with Crippen LogP contribution >= 0.6 is 0 Å².